The second-order valence-corrected chi connectivity index (χ2v) is 7.80. The number of urea groups is 1. The van der Waals surface area contributed by atoms with E-state index in [2.05, 4.69) is 5.32 Å². The topological polar surface area (TPSA) is 60.0 Å². The quantitative estimate of drug-likeness (QED) is 0.851. The van der Waals surface area contributed by atoms with Gasteiger partial charge in [0, 0.05) is 43.0 Å². The van der Waals surface area contributed by atoms with Crippen LogP contribution in [0.4, 0.5) is 10.5 Å². The lowest BCUT2D eigenvalue weighted by Crippen LogP contribution is -2.46. The van der Waals surface area contributed by atoms with Crippen molar-refractivity contribution in [3.05, 3.63) is 48.5 Å². The number of carbonyl (C=O) groups is 1. The second kappa shape index (κ2) is 8.84. The zero-order valence-corrected chi connectivity index (χ0v) is 16.9. The van der Waals surface area contributed by atoms with Crippen molar-refractivity contribution < 1.29 is 19.0 Å². The van der Waals surface area contributed by atoms with E-state index >= 15 is 0 Å². The van der Waals surface area contributed by atoms with Crippen LogP contribution in [-0.4, -0.2) is 57.6 Å². The Morgan fingerprint density at radius 3 is 2.72 bits per heavy atom. The van der Waals surface area contributed by atoms with Crippen LogP contribution in [-0.2, 0) is 9.47 Å². The first kappa shape index (κ1) is 19.7. The molecular formula is C23H28N2O4. The molecule has 2 heterocycles. The van der Waals surface area contributed by atoms with Crippen LogP contribution in [0.1, 0.15) is 12.8 Å². The van der Waals surface area contributed by atoms with E-state index in [1.165, 1.54) is 0 Å². The zero-order valence-electron chi connectivity index (χ0n) is 16.9. The fraction of sp³-hybridized carbons (Fsp3) is 0.435. The van der Waals surface area contributed by atoms with Crippen molar-refractivity contribution in [1.29, 1.82) is 0 Å². The summed E-state index contributed by atoms with van der Waals surface area (Å²) in [4.78, 5) is 14.9. The molecule has 4 rings (SSSR count). The molecule has 29 heavy (non-hydrogen) atoms. The Kier molecular flexibility index (Phi) is 6.02. The second-order valence-electron chi connectivity index (χ2n) is 7.80. The largest absolute Gasteiger partial charge is 0.496 e. The fourth-order valence-electron chi connectivity index (χ4n) is 4.12. The van der Waals surface area contributed by atoms with Crippen molar-refractivity contribution in [2.45, 2.75) is 12.8 Å². The van der Waals surface area contributed by atoms with Crippen LogP contribution in [0.25, 0.3) is 11.1 Å². The van der Waals surface area contributed by atoms with Crippen molar-refractivity contribution in [1.82, 2.24) is 4.90 Å². The number of ether oxygens (including phenoxy) is 3. The number of amides is 2. The smallest absolute Gasteiger partial charge is 0.321 e. The Bertz CT molecular complexity index is 848. The lowest BCUT2D eigenvalue weighted by molar-refractivity contribution is -0.0292. The molecule has 0 unspecified atom stereocenters. The van der Waals surface area contributed by atoms with Gasteiger partial charge in [-0.15, -0.1) is 0 Å². The van der Waals surface area contributed by atoms with Crippen LogP contribution in [0, 0.1) is 5.41 Å². The van der Waals surface area contributed by atoms with Gasteiger partial charge in [-0.3, -0.25) is 0 Å². The Morgan fingerprint density at radius 2 is 1.90 bits per heavy atom. The summed E-state index contributed by atoms with van der Waals surface area (Å²) in [6.45, 7) is 4.04. The van der Waals surface area contributed by atoms with Crippen LogP contribution < -0.4 is 10.1 Å². The molecule has 2 aliphatic rings. The molecule has 1 spiro atoms. The molecule has 2 aliphatic heterocycles. The summed E-state index contributed by atoms with van der Waals surface area (Å²) < 4.78 is 16.8. The van der Waals surface area contributed by atoms with E-state index in [1.807, 2.05) is 53.4 Å². The molecule has 1 N–H and O–H groups in total. The summed E-state index contributed by atoms with van der Waals surface area (Å²) in [5, 5.41) is 3.07. The Balaban J connectivity index is 1.49. The molecule has 0 aromatic heterocycles. The predicted molar refractivity (Wildman–Crippen MR) is 112 cm³/mol. The van der Waals surface area contributed by atoms with E-state index in [0.29, 0.717) is 26.3 Å². The highest BCUT2D eigenvalue weighted by molar-refractivity contribution is 5.90. The van der Waals surface area contributed by atoms with Gasteiger partial charge in [-0.05, 0) is 36.6 Å². The molecule has 0 atom stereocenters. The summed E-state index contributed by atoms with van der Waals surface area (Å²) in [6, 6.07) is 15.6. The molecule has 2 aromatic rings. The maximum atomic E-state index is 13.0. The van der Waals surface area contributed by atoms with Crippen molar-refractivity contribution in [3.8, 4) is 16.9 Å². The van der Waals surface area contributed by atoms with Crippen LogP contribution in [0.15, 0.2) is 48.5 Å². The van der Waals surface area contributed by atoms with Crippen molar-refractivity contribution >= 4 is 11.7 Å². The van der Waals surface area contributed by atoms with Gasteiger partial charge in [0.15, 0.2) is 0 Å². The summed E-state index contributed by atoms with van der Waals surface area (Å²) in [5.74, 6) is 0.808. The summed E-state index contributed by atoms with van der Waals surface area (Å²) in [6.07, 6.45) is 1.86. The SMILES string of the molecule is COc1ccccc1-c1cccc(NC(=O)N2CCOCC3(CCOCC3)C2)c1. The van der Waals surface area contributed by atoms with Gasteiger partial charge in [0.2, 0.25) is 0 Å². The lowest BCUT2D eigenvalue weighted by Gasteiger charge is -2.38. The molecule has 0 aliphatic carbocycles. The van der Waals surface area contributed by atoms with Gasteiger partial charge in [-0.1, -0.05) is 30.3 Å². The Hall–Kier alpha value is -2.57. The number of hydrogen-bond donors (Lipinski definition) is 1. The molecule has 0 saturated carbocycles. The van der Waals surface area contributed by atoms with Gasteiger partial charge >= 0.3 is 6.03 Å². The zero-order chi connectivity index (χ0) is 20.1. The maximum Gasteiger partial charge on any atom is 0.321 e. The van der Waals surface area contributed by atoms with Gasteiger partial charge in [0.1, 0.15) is 5.75 Å². The predicted octanol–water partition coefficient (Wildman–Crippen LogP) is 4.02. The number of benzene rings is 2. The van der Waals surface area contributed by atoms with E-state index in [0.717, 1.165) is 48.6 Å². The van der Waals surface area contributed by atoms with E-state index in [-0.39, 0.29) is 11.4 Å². The molecule has 6 heteroatoms. The molecule has 0 radical (unpaired) electrons. The lowest BCUT2D eigenvalue weighted by atomic mass is 9.80. The highest BCUT2D eigenvalue weighted by Crippen LogP contribution is 2.34. The molecule has 2 aromatic carbocycles. The number of nitrogens with zero attached hydrogens (tertiary/aromatic N) is 1. The minimum Gasteiger partial charge on any atom is -0.496 e. The number of hydrogen-bond acceptors (Lipinski definition) is 4. The molecule has 2 fully saturated rings. The van der Waals surface area contributed by atoms with E-state index in [4.69, 9.17) is 14.2 Å². The van der Waals surface area contributed by atoms with Gasteiger partial charge in [-0.25, -0.2) is 4.79 Å². The first-order chi connectivity index (χ1) is 14.2. The van der Waals surface area contributed by atoms with Crippen LogP contribution in [0.2, 0.25) is 0 Å². The molecule has 0 bridgehead atoms. The summed E-state index contributed by atoms with van der Waals surface area (Å²) in [7, 11) is 1.66. The normalized spacial score (nSPS) is 18.9. The number of nitrogens with one attached hydrogen (secondary N) is 1. The van der Waals surface area contributed by atoms with Gasteiger partial charge < -0.3 is 24.4 Å². The van der Waals surface area contributed by atoms with Crippen molar-refractivity contribution in [3.63, 3.8) is 0 Å². The van der Waals surface area contributed by atoms with E-state index in [9.17, 15) is 4.79 Å². The van der Waals surface area contributed by atoms with E-state index in [1.54, 1.807) is 7.11 Å². The highest BCUT2D eigenvalue weighted by atomic mass is 16.5. The van der Waals surface area contributed by atoms with Gasteiger partial charge in [-0.2, -0.15) is 0 Å². The van der Waals surface area contributed by atoms with Gasteiger partial charge in [0.25, 0.3) is 0 Å². The minimum atomic E-state index is -0.0847. The molecule has 154 valence electrons. The summed E-state index contributed by atoms with van der Waals surface area (Å²) >= 11 is 0. The fourth-order valence-corrected chi connectivity index (χ4v) is 4.12. The Labute approximate surface area is 171 Å². The first-order valence-electron chi connectivity index (χ1n) is 10.1. The average molecular weight is 396 g/mol. The van der Waals surface area contributed by atoms with Crippen LogP contribution in [0.5, 0.6) is 5.75 Å². The van der Waals surface area contributed by atoms with Crippen LogP contribution in [0.3, 0.4) is 0 Å². The first-order valence-corrected chi connectivity index (χ1v) is 10.1. The third-order valence-corrected chi connectivity index (χ3v) is 5.81. The average Bonchev–Trinajstić information content (AvgIpc) is 2.97. The van der Waals surface area contributed by atoms with E-state index < -0.39 is 0 Å². The summed E-state index contributed by atoms with van der Waals surface area (Å²) in [5.41, 5.74) is 2.77. The number of carbonyl (C=O) groups excluding carboxylic acids is 1. The number of methoxy groups -OCH3 is 1. The number of para-hydroxylation sites is 1. The molecule has 2 amide bonds. The Morgan fingerprint density at radius 1 is 1.07 bits per heavy atom. The number of anilines is 1. The third-order valence-electron chi connectivity index (χ3n) is 5.81. The third kappa shape index (κ3) is 4.54. The molecule has 2 saturated heterocycles. The minimum absolute atomic E-state index is 0.00530. The molecular weight excluding hydrogens is 368 g/mol. The highest BCUT2D eigenvalue weighted by Gasteiger charge is 2.38. The number of rotatable bonds is 3. The maximum absolute atomic E-state index is 13.0. The van der Waals surface area contributed by atoms with Crippen molar-refractivity contribution in [2.75, 3.05) is 51.9 Å². The monoisotopic (exact) mass is 396 g/mol. The standard InChI is InChI=1S/C23H28N2O4/c1-27-21-8-3-2-7-20(21)18-5-4-6-19(15-18)24-22(26)25-11-14-29-17-23(16-25)9-12-28-13-10-23/h2-8,15H,9-14,16-17H2,1H3,(H,24,26). The van der Waals surface area contributed by atoms with Crippen molar-refractivity contribution in [2.24, 2.45) is 5.41 Å². The van der Waals surface area contributed by atoms with Crippen LogP contribution >= 0.6 is 0 Å². The molecule has 6 nitrogen and oxygen atoms in total. The van der Waals surface area contributed by atoms with Gasteiger partial charge in [0.05, 0.1) is 20.3 Å².